The lowest BCUT2D eigenvalue weighted by atomic mass is 10.1. The third-order valence-electron chi connectivity index (χ3n) is 5.31. The Bertz CT molecular complexity index is 1230. The number of hydrogen-bond acceptors (Lipinski definition) is 5. The number of halogens is 2. The highest BCUT2D eigenvalue weighted by molar-refractivity contribution is 6.31. The molecule has 0 aliphatic heterocycles. The summed E-state index contributed by atoms with van der Waals surface area (Å²) < 4.78 is 13.3. The van der Waals surface area contributed by atoms with Gasteiger partial charge in [-0.3, -0.25) is 0 Å². The van der Waals surface area contributed by atoms with Crippen LogP contribution in [0, 0.1) is 0 Å². The largest absolute Gasteiger partial charge is 0.487 e. The highest BCUT2D eigenvalue weighted by atomic mass is 35.5. The van der Waals surface area contributed by atoms with Crippen molar-refractivity contribution in [1.82, 2.24) is 14.5 Å². The van der Waals surface area contributed by atoms with Crippen molar-refractivity contribution in [2.75, 3.05) is 0 Å². The number of benzene rings is 2. The zero-order chi connectivity index (χ0) is 23.8. The molecule has 176 valence electrons. The van der Waals surface area contributed by atoms with Crippen molar-refractivity contribution < 1.29 is 14.3 Å². The van der Waals surface area contributed by atoms with Gasteiger partial charge in [-0.05, 0) is 60.7 Å². The van der Waals surface area contributed by atoms with E-state index in [1.165, 1.54) is 0 Å². The topological polar surface area (TPSA) is 73.3 Å². The molecule has 0 aliphatic rings. The molecule has 0 saturated heterocycles. The summed E-state index contributed by atoms with van der Waals surface area (Å²) in [6.07, 6.45) is 11.7. The van der Waals surface area contributed by atoms with Gasteiger partial charge >= 0.3 is 0 Å². The van der Waals surface area contributed by atoms with E-state index in [2.05, 4.69) is 9.97 Å². The van der Waals surface area contributed by atoms with Gasteiger partial charge in [0.25, 0.3) is 0 Å². The van der Waals surface area contributed by atoms with Gasteiger partial charge in [-0.15, -0.1) is 0 Å². The van der Waals surface area contributed by atoms with Crippen molar-refractivity contribution >= 4 is 35.4 Å². The standard InChI is InChI=1S/C26H25Cl2N3O3/c27-21-8-4-19(5-9-21)6-11-26-30-22(18-34-26)17-33-23-10-7-20(24(28)15-23)3-1-2-13-31-14-12-29-25(31)16-32/h4-12,14-15,18,32H,1-3,13,16-17H2/b11-6+. The molecule has 4 aromatic rings. The maximum absolute atomic E-state index is 9.27. The Morgan fingerprint density at radius 3 is 2.71 bits per heavy atom. The van der Waals surface area contributed by atoms with Crippen LogP contribution in [0.15, 0.2) is 65.5 Å². The van der Waals surface area contributed by atoms with Gasteiger partial charge < -0.3 is 18.8 Å². The first kappa shape index (κ1) is 24.1. The summed E-state index contributed by atoms with van der Waals surface area (Å²) in [4.78, 5) is 8.54. The number of imidazole rings is 1. The number of unbranched alkanes of at least 4 members (excludes halogenated alkanes) is 1. The van der Waals surface area contributed by atoms with Crippen LogP contribution in [0.1, 0.15) is 41.4 Å². The molecule has 0 aliphatic carbocycles. The minimum Gasteiger partial charge on any atom is -0.487 e. The minimum atomic E-state index is -0.0456. The first-order valence-electron chi connectivity index (χ1n) is 11.0. The average Bonchev–Trinajstić information content (AvgIpc) is 3.50. The van der Waals surface area contributed by atoms with Crippen LogP contribution < -0.4 is 4.74 Å². The number of rotatable bonds is 11. The van der Waals surface area contributed by atoms with Gasteiger partial charge in [0.15, 0.2) is 0 Å². The molecule has 0 amide bonds. The van der Waals surface area contributed by atoms with Crippen molar-refractivity contribution in [3.63, 3.8) is 0 Å². The zero-order valence-corrected chi connectivity index (χ0v) is 20.0. The smallest absolute Gasteiger partial charge is 0.218 e. The van der Waals surface area contributed by atoms with Crippen LogP contribution >= 0.6 is 23.2 Å². The van der Waals surface area contributed by atoms with Crippen molar-refractivity contribution in [2.45, 2.75) is 39.0 Å². The first-order valence-corrected chi connectivity index (χ1v) is 11.8. The van der Waals surface area contributed by atoms with Crippen molar-refractivity contribution in [3.05, 3.63) is 99.7 Å². The van der Waals surface area contributed by atoms with Crippen molar-refractivity contribution in [3.8, 4) is 5.75 Å². The predicted molar refractivity (Wildman–Crippen MR) is 134 cm³/mol. The lowest BCUT2D eigenvalue weighted by Gasteiger charge is -2.09. The number of aliphatic hydroxyl groups is 1. The van der Waals surface area contributed by atoms with Gasteiger partial charge in [0.05, 0.1) is 0 Å². The Morgan fingerprint density at radius 2 is 1.91 bits per heavy atom. The SMILES string of the molecule is OCc1nccn1CCCCc1ccc(OCc2coc(/C=C/c3ccc(Cl)cc3)n2)cc1Cl. The summed E-state index contributed by atoms with van der Waals surface area (Å²) in [5.41, 5.74) is 2.78. The number of aliphatic hydroxyl groups excluding tert-OH is 1. The fourth-order valence-corrected chi connectivity index (χ4v) is 3.87. The van der Waals surface area contributed by atoms with Gasteiger partial charge in [0.2, 0.25) is 5.89 Å². The highest BCUT2D eigenvalue weighted by Crippen LogP contribution is 2.25. The second-order valence-corrected chi connectivity index (χ2v) is 8.60. The normalized spacial score (nSPS) is 11.4. The monoisotopic (exact) mass is 497 g/mol. The van der Waals surface area contributed by atoms with Crippen LogP contribution in [-0.4, -0.2) is 19.6 Å². The molecular formula is C26H25Cl2N3O3. The third kappa shape index (κ3) is 6.73. The maximum Gasteiger partial charge on any atom is 0.218 e. The molecule has 1 N–H and O–H groups in total. The van der Waals surface area contributed by atoms with Crippen LogP contribution in [0.5, 0.6) is 5.75 Å². The Morgan fingerprint density at radius 1 is 1.06 bits per heavy atom. The molecule has 2 aromatic carbocycles. The Hall–Kier alpha value is -3.06. The number of oxazole rings is 1. The number of ether oxygens (including phenoxy) is 1. The maximum atomic E-state index is 9.27. The van der Waals surface area contributed by atoms with E-state index in [1.54, 1.807) is 18.5 Å². The number of hydrogen-bond donors (Lipinski definition) is 1. The molecule has 0 spiro atoms. The molecule has 34 heavy (non-hydrogen) atoms. The summed E-state index contributed by atoms with van der Waals surface area (Å²) in [7, 11) is 0. The summed E-state index contributed by atoms with van der Waals surface area (Å²) in [5, 5.41) is 10.6. The zero-order valence-electron chi connectivity index (χ0n) is 18.5. The molecule has 2 aromatic heterocycles. The first-order chi connectivity index (χ1) is 16.6. The number of aryl methyl sites for hydroxylation is 2. The molecule has 4 rings (SSSR count). The average molecular weight is 498 g/mol. The van der Waals surface area contributed by atoms with Crippen LogP contribution in [0.25, 0.3) is 12.2 Å². The van der Waals surface area contributed by atoms with E-state index in [0.29, 0.717) is 33.2 Å². The predicted octanol–water partition coefficient (Wildman–Crippen LogP) is 6.44. The Labute approximate surface area is 208 Å². The van der Waals surface area contributed by atoms with Crippen LogP contribution in [-0.2, 0) is 26.2 Å². The number of nitrogens with zero attached hydrogens (tertiary/aromatic N) is 3. The second kappa shape index (κ2) is 11.9. The molecule has 6 nitrogen and oxygen atoms in total. The van der Waals surface area contributed by atoms with Gasteiger partial charge in [0.1, 0.15) is 36.7 Å². The molecule has 0 fully saturated rings. The van der Waals surface area contributed by atoms with E-state index in [9.17, 15) is 5.11 Å². The van der Waals surface area contributed by atoms with Gasteiger partial charge in [-0.2, -0.15) is 0 Å². The molecule has 0 radical (unpaired) electrons. The van der Waals surface area contributed by atoms with E-state index < -0.39 is 0 Å². The van der Waals surface area contributed by atoms with E-state index in [0.717, 1.165) is 36.9 Å². The van der Waals surface area contributed by atoms with Gasteiger partial charge in [-0.1, -0.05) is 41.4 Å². The fourth-order valence-electron chi connectivity index (χ4n) is 3.48. The molecule has 0 unspecified atom stereocenters. The molecule has 0 atom stereocenters. The molecule has 0 saturated carbocycles. The van der Waals surface area contributed by atoms with Gasteiger partial charge in [-0.25, -0.2) is 9.97 Å². The van der Waals surface area contributed by atoms with E-state index in [-0.39, 0.29) is 13.2 Å². The summed E-state index contributed by atoms with van der Waals surface area (Å²) in [5.74, 6) is 1.88. The lowest BCUT2D eigenvalue weighted by molar-refractivity contribution is 0.264. The minimum absolute atomic E-state index is 0.0456. The lowest BCUT2D eigenvalue weighted by Crippen LogP contribution is -2.03. The van der Waals surface area contributed by atoms with E-state index in [4.69, 9.17) is 32.4 Å². The van der Waals surface area contributed by atoms with Gasteiger partial charge in [0, 0.05) is 35.1 Å². The highest BCUT2D eigenvalue weighted by Gasteiger charge is 2.07. The quantitative estimate of drug-likeness (QED) is 0.241. The molecule has 8 heteroatoms. The van der Waals surface area contributed by atoms with Crippen molar-refractivity contribution in [1.29, 1.82) is 0 Å². The fraction of sp³-hybridized carbons (Fsp3) is 0.231. The number of aromatic nitrogens is 3. The molecule has 0 bridgehead atoms. The summed E-state index contributed by atoms with van der Waals surface area (Å²) in [6, 6.07) is 13.3. The Balaban J connectivity index is 1.24. The Kier molecular flexibility index (Phi) is 8.41. The second-order valence-electron chi connectivity index (χ2n) is 7.76. The van der Waals surface area contributed by atoms with Crippen LogP contribution in [0.3, 0.4) is 0 Å². The molecular weight excluding hydrogens is 473 g/mol. The van der Waals surface area contributed by atoms with Crippen LogP contribution in [0.4, 0.5) is 0 Å². The van der Waals surface area contributed by atoms with Crippen LogP contribution in [0.2, 0.25) is 10.0 Å². The summed E-state index contributed by atoms with van der Waals surface area (Å²) >= 11 is 12.4. The third-order valence-corrected chi connectivity index (χ3v) is 5.91. The van der Waals surface area contributed by atoms with E-state index >= 15 is 0 Å². The van der Waals surface area contributed by atoms with E-state index in [1.807, 2.05) is 59.3 Å². The summed E-state index contributed by atoms with van der Waals surface area (Å²) in [6.45, 7) is 1.06. The molecule has 2 heterocycles. The van der Waals surface area contributed by atoms with Crippen molar-refractivity contribution in [2.24, 2.45) is 0 Å².